The number of fused-ring (bicyclic) bond motifs is 1. The Bertz CT molecular complexity index is 1180. The number of nitriles is 1. The Morgan fingerprint density at radius 2 is 1.86 bits per heavy atom. The van der Waals surface area contributed by atoms with Crippen molar-refractivity contribution in [2.24, 2.45) is 5.41 Å². The molecule has 0 aliphatic carbocycles. The zero-order valence-corrected chi connectivity index (χ0v) is 21.7. The molecule has 0 unspecified atom stereocenters. The van der Waals surface area contributed by atoms with E-state index in [4.69, 9.17) is 4.74 Å². The molecule has 1 aliphatic heterocycles. The van der Waals surface area contributed by atoms with E-state index in [0.717, 1.165) is 62.6 Å². The summed E-state index contributed by atoms with van der Waals surface area (Å²) >= 11 is 0. The molecule has 0 amide bonds. The topological polar surface area (TPSA) is 73.5 Å². The van der Waals surface area contributed by atoms with Crippen LogP contribution in [0, 0.1) is 16.7 Å². The molecule has 1 fully saturated rings. The molecule has 1 aliphatic rings. The Labute approximate surface area is 208 Å². The van der Waals surface area contributed by atoms with Crippen molar-refractivity contribution < 1.29 is 4.74 Å². The van der Waals surface area contributed by atoms with E-state index in [0.29, 0.717) is 6.61 Å². The van der Waals surface area contributed by atoms with Gasteiger partial charge in [-0.15, -0.1) is 0 Å². The van der Waals surface area contributed by atoms with Gasteiger partial charge in [0.2, 0.25) is 5.82 Å². The normalized spacial score (nSPS) is 15.1. The Balaban J connectivity index is 1.46. The molecule has 3 aromatic rings. The summed E-state index contributed by atoms with van der Waals surface area (Å²) in [6, 6.07) is 12.6. The minimum Gasteiger partial charge on any atom is -0.490 e. The number of piperazine rings is 1. The fraction of sp³-hybridized carbons (Fsp3) is 0.519. The number of ether oxygens (including phenoxy) is 1. The third-order valence-electron chi connectivity index (χ3n) is 6.21. The quantitative estimate of drug-likeness (QED) is 0.493. The molecule has 2 aromatic heterocycles. The summed E-state index contributed by atoms with van der Waals surface area (Å²) in [7, 11) is 4.12. The first-order valence-electron chi connectivity index (χ1n) is 12.3. The molecule has 0 atom stereocenters. The molecule has 4 rings (SSSR count). The van der Waals surface area contributed by atoms with Gasteiger partial charge in [0.05, 0.1) is 5.69 Å². The number of likely N-dealkylation sites (N-methyl/N-ethyl adjacent to an activating group) is 1. The van der Waals surface area contributed by atoms with Crippen LogP contribution in [0.25, 0.3) is 11.0 Å². The van der Waals surface area contributed by atoms with E-state index < -0.39 is 0 Å². The maximum absolute atomic E-state index is 9.29. The minimum atomic E-state index is 0.0907. The van der Waals surface area contributed by atoms with Gasteiger partial charge in [0.25, 0.3) is 0 Å². The van der Waals surface area contributed by atoms with Crippen LogP contribution in [0.1, 0.15) is 32.3 Å². The third kappa shape index (κ3) is 6.30. The number of anilines is 1. The van der Waals surface area contributed by atoms with E-state index >= 15 is 0 Å². The second-order valence-electron chi connectivity index (χ2n) is 10.7. The molecule has 8 heteroatoms. The molecular formula is C27H37N7O. The summed E-state index contributed by atoms with van der Waals surface area (Å²) in [5.41, 5.74) is 3.34. The van der Waals surface area contributed by atoms with Crippen LogP contribution in [-0.4, -0.2) is 77.8 Å². The molecule has 0 radical (unpaired) electrons. The average molecular weight is 476 g/mol. The largest absolute Gasteiger partial charge is 0.490 e. The molecule has 0 bridgehead atoms. The number of benzene rings is 1. The molecule has 0 N–H and O–H groups in total. The van der Waals surface area contributed by atoms with Crippen LogP contribution in [-0.2, 0) is 13.1 Å². The van der Waals surface area contributed by atoms with Crippen molar-refractivity contribution in [3.05, 3.63) is 48.0 Å². The standard InChI is InChI=1S/C27H37N7O/c1-27(2,3)20-34-22(16-21-18-29-25(17-28)30-26(21)34)19-32-10-12-33(13-11-32)23-8-6-7-9-24(23)35-15-14-31(4)5/h6-9,16,18H,10-15,19-20H2,1-5H3. The van der Waals surface area contributed by atoms with Crippen molar-refractivity contribution in [1.82, 2.24) is 24.3 Å². The first kappa shape index (κ1) is 25.0. The van der Waals surface area contributed by atoms with Gasteiger partial charge in [-0.05, 0) is 37.7 Å². The highest BCUT2D eigenvalue weighted by atomic mass is 16.5. The SMILES string of the molecule is CN(C)CCOc1ccccc1N1CCN(Cc2cc3cnc(C#N)nc3n2CC(C)(C)C)CC1. The van der Waals surface area contributed by atoms with Crippen LogP contribution in [0.15, 0.2) is 36.5 Å². The predicted molar refractivity (Wildman–Crippen MR) is 140 cm³/mol. The Hall–Kier alpha value is -3.15. The van der Waals surface area contributed by atoms with Crippen molar-refractivity contribution >= 4 is 16.7 Å². The van der Waals surface area contributed by atoms with Gasteiger partial charge in [-0.3, -0.25) is 4.90 Å². The second-order valence-corrected chi connectivity index (χ2v) is 10.7. The summed E-state index contributed by atoms with van der Waals surface area (Å²) in [5, 5.41) is 10.3. The Morgan fingerprint density at radius 3 is 2.54 bits per heavy atom. The van der Waals surface area contributed by atoms with E-state index in [-0.39, 0.29) is 11.2 Å². The highest BCUT2D eigenvalue weighted by Crippen LogP contribution is 2.30. The minimum absolute atomic E-state index is 0.0907. The van der Waals surface area contributed by atoms with Gasteiger partial charge < -0.3 is 19.1 Å². The summed E-state index contributed by atoms with van der Waals surface area (Å²) < 4.78 is 8.38. The number of rotatable bonds is 8. The highest BCUT2D eigenvalue weighted by Gasteiger charge is 2.23. The van der Waals surface area contributed by atoms with Gasteiger partial charge in [-0.25, -0.2) is 9.97 Å². The summed E-state index contributed by atoms with van der Waals surface area (Å²) in [4.78, 5) is 15.8. The molecular weight excluding hydrogens is 438 g/mol. The van der Waals surface area contributed by atoms with Gasteiger partial charge in [-0.1, -0.05) is 32.9 Å². The molecule has 1 aromatic carbocycles. The number of aromatic nitrogens is 3. The van der Waals surface area contributed by atoms with Gasteiger partial charge in [-0.2, -0.15) is 5.26 Å². The zero-order valence-electron chi connectivity index (χ0n) is 21.7. The first-order chi connectivity index (χ1) is 16.7. The molecule has 3 heterocycles. The summed E-state index contributed by atoms with van der Waals surface area (Å²) in [5.74, 6) is 1.18. The van der Waals surface area contributed by atoms with Crippen LogP contribution in [0.4, 0.5) is 5.69 Å². The van der Waals surface area contributed by atoms with Crippen molar-refractivity contribution in [3.63, 3.8) is 0 Å². The maximum Gasteiger partial charge on any atom is 0.234 e. The lowest BCUT2D eigenvalue weighted by Crippen LogP contribution is -2.46. The molecule has 186 valence electrons. The van der Waals surface area contributed by atoms with Crippen LogP contribution >= 0.6 is 0 Å². The summed E-state index contributed by atoms with van der Waals surface area (Å²) in [6.07, 6.45) is 1.77. The fourth-order valence-corrected chi connectivity index (χ4v) is 4.48. The monoisotopic (exact) mass is 475 g/mol. The third-order valence-corrected chi connectivity index (χ3v) is 6.21. The van der Waals surface area contributed by atoms with Crippen LogP contribution in [0.3, 0.4) is 0 Å². The fourth-order valence-electron chi connectivity index (χ4n) is 4.48. The Morgan fingerprint density at radius 1 is 1.11 bits per heavy atom. The second kappa shape index (κ2) is 10.6. The summed E-state index contributed by atoms with van der Waals surface area (Å²) in [6.45, 7) is 13.8. The van der Waals surface area contributed by atoms with Crippen LogP contribution in [0.5, 0.6) is 5.75 Å². The Kier molecular flexibility index (Phi) is 7.58. The van der Waals surface area contributed by atoms with Gasteiger partial charge >= 0.3 is 0 Å². The van der Waals surface area contributed by atoms with Crippen LogP contribution < -0.4 is 9.64 Å². The lowest BCUT2D eigenvalue weighted by atomic mass is 9.97. The van der Waals surface area contributed by atoms with Gasteiger partial charge in [0.1, 0.15) is 24.1 Å². The smallest absolute Gasteiger partial charge is 0.234 e. The van der Waals surface area contributed by atoms with E-state index in [1.807, 2.05) is 6.07 Å². The molecule has 0 spiro atoms. The molecule has 1 saturated heterocycles. The van der Waals surface area contributed by atoms with Crippen LogP contribution in [0.2, 0.25) is 0 Å². The van der Waals surface area contributed by atoms with Gasteiger partial charge in [0.15, 0.2) is 0 Å². The lowest BCUT2D eigenvalue weighted by Gasteiger charge is -2.37. The molecule has 8 nitrogen and oxygen atoms in total. The predicted octanol–water partition coefficient (Wildman–Crippen LogP) is 3.61. The number of hydrogen-bond donors (Lipinski definition) is 0. The van der Waals surface area contributed by atoms with Gasteiger partial charge in [0, 0.05) is 63.1 Å². The van der Waals surface area contributed by atoms with E-state index in [2.05, 4.69) is 94.4 Å². The molecule has 0 saturated carbocycles. The van der Waals surface area contributed by atoms with E-state index in [9.17, 15) is 5.26 Å². The van der Waals surface area contributed by atoms with E-state index in [1.165, 1.54) is 11.4 Å². The lowest BCUT2D eigenvalue weighted by molar-refractivity contribution is 0.236. The number of nitrogens with zero attached hydrogens (tertiary/aromatic N) is 7. The number of hydrogen-bond acceptors (Lipinski definition) is 7. The molecule has 35 heavy (non-hydrogen) atoms. The van der Waals surface area contributed by atoms with Crippen molar-refractivity contribution in [1.29, 1.82) is 5.26 Å². The first-order valence-corrected chi connectivity index (χ1v) is 12.3. The maximum atomic E-state index is 9.29. The highest BCUT2D eigenvalue weighted by molar-refractivity contribution is 5.77. The van der Waals surface area contributed by atoms with Crippen molar-refractivity contribution in [2.75, 3.05) is 58.3 Å². The number of para-hydroxylation sites is 2. The van der Waals surface area contributed by atoms with Crippen molar-refractivity contribution in [2.45, 2.75) is 33.9 Å². The van der Waals surface area contributed by atoms with E-state index in [1.54, 1.807) is 6.20 Å². The van der Waals surface area contributed by atoms with Crippen molar-refractivity contribution in [3.8, 4) is 11.8 Å². The average Bonchev–Trinajstić information content (AvgIpc) is 3.14. The zero-order chi connectivity index (χ0) is 25.0.